The maximum atomic E-state index is 12.2. The smallest absolute Gasteiger partial charge is 0.255 e. The fourth-order valence-electron chi connectivity index (χ4n) is 1.90. The number of rotatable bonds is 3. The summed E-state index contributed by atoms with van der Waals surface area (Å²) in [7, 11) is 0. The first kappa shape index (κ1) is 14.5. The first-order chi connectivity index (χ1) is 9.47. The molecule has 1 N–H and O–H groups in total. The Hall–Kier alpha value is -1.94. The third-order valence-electron chi connectivity index (χ3n) is 2.96. The van der Waals surface area contributed by atoms with E-state index in [4.69, 9.17) is 0 Å². The number of carbonyl (C=O) groups is 2. The van der Waals surface area contributed by atoms with Crippen molar-refractivity contribution in [3.05, 3.63) is 63.6 Å². The Kier molecular flexibility index (Phi) is 4.35. The zero-order valence-electron chi connectivity index (χ0n) is 11.2. The van der Waals surface area contributed by atoms with E-state index in [-0.39, 0.29) is 11.7 Å². The van der Waals surface area contributed by atoms with Crippen LogP contribution in [0.4, 0.5) is 5.69 Å². The van der Waals surface area contributed by atoms with Gasteiger partial charge in [0, 0.05) is 21.3 Å². The topological polar surface area (TPSA) is 46.2 Å². The van der Waals surface area contributed by atoms with Crippen LogP contribution in [0.1, 0.15) is 33.2 Å². The predicted octanol–water partition coefficient (Wildman–Crippen LogP) is 4.21. The van der Waals surface area contributed by atoms with Crippen molar-refractivity contribution < 1.29 is 9.59 Å². The van der Waals surface area contributed by atoms with Crippen LogP contribution in [0.25, 0.3) is 0 Å². The second-order valence-corrected chi connectivity index (χ2v) is 5.47. The van der Waals surface area contributed by atoms with Crippen LogP contribution in [0.2, 0.25) is 0 Å². The van der Waals surface area contributed by atoms with Gasteiger partial charge in [-0.3, -0.25) is 9.59 Å². The van der Waals surface area contributed by atoms with Crippen molar-refractivity contribution >= 4 is 33.3 Å². The van der Waals surface area contributed by atoms with E-state index in [1.54, 1.807) is 30.3 Å². The molecule has 2 rings (SSSR count). The molecule has 0 spiro atoms. The molecule has 0 aliphatic heterocycles. The molecule has 20 heavy (non-hydrogen) atoms. The van der Waals surface area contributed by atoms with E-state index in [9.17, 15) is 9.59 Å². The van der Waals surface area contributed by atoms with Crippen LogP contribution in [0, 0.1) is 6.92 Å². The Labute approximate surface area is 126 Å². The molecule has 0 aliphatic rings. The van der Waals surface area contributed by atoms with Crippen molar-refractivity contribution in [2.45, 2.75) is 13.8 Å². The molecular weight excluding hydrogens is 318 g/mol. The lowest BCUT2D eigenvalue weighted by Gasteiger charge is -2.09. The van der Waals surface area contributed by atoms with Crippen molar-refractivity contribution in [3.63, 3.8) is 0 Å². The predicted molar refractivity (Wildman–Crippen MR) is 83.3 cm³/mol. The normalized spacial score (nSPS) is 10.2. The zero-order valence-corrected chi connectivity index (χ0v) is 12.8. The molecule has 0 heterocycles. The summed E-state index contributed by atoms with van der Waals surface area (Å²) in [6, 6.07) is 12.4. The van der Waals surface area contributed by atoms with Gasteiger partial charge < -0.3 is 5.32 Å². The Balaban J connectivity index is 2.23. The maximum absolute atomic E-state index is 12.2. The van der Waals surface area contributed by atoms with Crippen LogP contribution in [0.5, 0.6) is 0 Å². The summed E-state index contributed by atoms with van der Waals surface area (Å²) in [4.78, 5) is 23.5. The van der Waals surface area contributed by atoms with E-state index in [2.05, 4.69) is 21.2 Å². The summed E-state index contributed by atoms with van der Waals surface area (Å²) in [6.45, 7) is 3.38. The van der Waals surface area contributed by atoms with Gasteiger partial charge in [-0.25, -0.2) is 0 Å². The van der Waals surface area contributed by atoms with Crippen molar-refractivity contribution in [2.24, 2.45) is 0 Å². The third-order valence-corrected chi connectivity index (χ3v) is 3.45. The Morgan fingerprint density at radius 2 is 1.85 bits per heavy atom. The molecule has 4 heteroatoms. The molecule has 3 nitrogen and oxygen atoms in total. The molecule has 0 saturated carbocycles. The molecule has 0 bridgehead atoms. The molecule has 2 aromatic carbocycles. The summed E-state index contributed by atoms with van der Waals surface area (Å²) < 4.78 is 0.935. The highest BCUT2D eigenvalue weighted by molar-refractivity contribution is 9.10. The molecule has 0 unspecified atom stereocenters. The van der Waals surface area contributed by atoms with Crippen LogP contribution in [-0.4, -0.2) is 11.7 Å². The van der Waals surface area contributed by atoms with Gasteiger partial charge in [0.1, 0.15) is 0 Å². The molecule has 0 radical (unpaired) electrons. The van der Waals surface area contributed by atoms with Crippen LogP contribution in [0.15, 0.2) is 46.9 Å². The number of carbonyl (C=O) groups excluding carboxylic acids is 2. The largest absolute Gasteiger partial charge is 0.322 e. The highest BCUT2D eigenvalue weighted by Gasteiger charge is 2.10. The molecule has 2 aromatic rings. The van der Waals surface area contributed by atoms with E-state index in [0.717, 1.165) is 10.0 Å². The van der Waals surface area contributed by atoms with E-state index < -0.39 is 0 Å². The number of ketones is 1. The second kappa shape index (κ2) is 6.01. The lowest BCUT2D eigenvalue weighted by Crippen LogP contribution is -2.13. The number of aryl methyl sites for hydroxylation is 1. The Morgan fingerprint density at radius 1 is 1.10 bits per heavy atom. The van der Waals surface area contributed by atoms with Gasteiger partial charge in [-0.15, -0.1) is 0 Å². The number of hydrogen-bond donors (Lipinski definition) is 1. The second-order valence-electron chi connectivity index (χ2n) is 4.55. The van der Waals surface area contributed by atoms with Crippen molar-refractivity contribution in [1.82, 2.24) is 0 Å². The van der Waals surface area contributed by atoms with Crippen LogP contribution in [0.3, 0.4) is 0 Å². The number of amides is 1. The SMILES string of the molecule is CC(=O)c1cccc(NC(=O)c2ccc(Br)cc2C)c1. The fourth-order valence-corrected chi connectivity index (χ4v) is 2.37. The monoisotopic (exact) mass is 331 g/mol. The molecule has 0 fully saturated rings. The van der Waals surface area contributed by atoms with Gasteiger partial charge in [0.25, 0.3) is 5.91 Å². The molecule has 0 atom stereocenters. The van der Waals surface area contributed by atoms with E-state index in [1.165, 1.54) is 6.92 Å². The quantitative estimate of drug-likeness (QED) is 0.856. The maximum Gasteiger partial charge on any atom is 0.255 e. The molecule has 1 amide bonds. The zero-order chi connectivity index (χ0) is 14.7. The average molecular weight is 332 g/mol. The fraction of sp³-hybridized carbons (Fsp3) is 0.125. The lowest BCUT2D eigenvalue weighted by atomic mass is 10.1. The van der Waals surface area contributed by atoms with Gasteiger partial charge in [-0.2, -0.15) is 0 Å². The molecular formula is C16H14BrNO2. The summed E-state index contributed by atoms with van der Waals surface area (Å²) in [5, 5.41) is 2.81. The molecule has 0 aliphatic carbocycles. The van der Waals surface area contributed by atoms with E-state index >= 15 is 0 Å². The minimum atomic E-state index is -0.185. The van der Waals surface area contributed by atoms with Crippen molar-refractivity contribution in [2.75, 3.05) is 5.32 Å². The Bertz CT molecular complexity index is 680. The van der Waals surface area contributed by atoms with Crippen molar-refractivity contribution in [1.29, 1.82) is 0 Å². The van der Waals surface area contributed by atoms with Gasteiger partial charge in [0.2, 0.25) is 0 Å². The minimum Gasteiger partial charge on any atom is -0.322 e. The van der Waals surface area contributed by atoms with Crippen LogP contribution >= 0.6 is 15.9 Å². The van der Waals surface area contributed by atoms with Gasteiger partial charge in [-0.1, -0.05) is 28.1 Å². The number of Topliss-reactive ketones (excluding diaryl/α,β-unsaturated/α-hetero) is 1. The minimum absolute atomic E-state index is 0.0269. The van der Waals surface area contributed by atoms with Gasteiger partial charge >= 0.3 is 0 Å². The van der Waals surface area contributed by atoms with Gasteiger partial charge in [0.15, 0.2) is 5.78 Å². The Morgan fingerprint density at radius 3 is 2.50 bits per heavy atom. The van der Waals surface area contributed by atoms with Crippen molar-refractivity contribution in [3.8, 4) is 0 Å². The van der Waals surface area contributed by atoms with Crippen LogP contribution in [-0.2, 0) is 0 Å². The lowest BCUT2D eigenvalue weighted by molar-refractivity contribution is 0.101. The number of halogens is 1. The highest BCUT2D eigenvalue weighted by Crippen LogP contribution is 2.18. The highest BCUT2D eigenvalue weighted by atomic mass is 79.9. The standard InChI is InChI=1S/C16H14BrNO2/c1-10-8-13(17)6-7-15(10)16(20)18-14-5-3-4-12(9-14)11(2)19/h3-9H,1-2H3,(H,18,20). The molecule has 102 valence electrons. The number of nitrogens with one attached hydrogen (secondary N) is 1. The molecule has 0 aromatic heterocycles. The summed E-state index contributed by atoms with van der Waals surface area (Å²) in [6.07, 6.45) is 0. The van der Waals surface area contributed by atoms with E-state index in [0.29, 0.717) is 16.8 Å². The average Bonchev–Trinajstić information content (AvgIpc) is 2.38. The third kappa shape index (κ3) is 3.33. The first-order valence-electron chi connectivity index (χ1n) is 6.16. The number of hydrogen-bond acceptors (Lipinski definition) is 2. The first-order valence-corrected chi connectivity index (χ1v) is 6.95. The number of anilines is 1. The summed E-state index contributed by atoms with van der Waals surface area (Å²) >= 11 is 3.37. The summed E-state index contributed by atoms with van der Waals surface area (Å²) in [5.74, 6) is -0.211. The molecule has 0 saturated heterocycles. The van der Waals surface area contributed by atoms with Gasteiger partial charge in [-0.05, 0) is 49.7 Å². The van der Waals surface area contributed by atoms with Gasteiger partial charge in [0.05, 0.1) is 0 Å². The van der Waals surface area contributed by atoms with Crippen LogP contribution < -0.4 is 5.32 Å². The number of benzene rings is 2. The van der Waals surface area contributed by atoms with E-state index in [1.807, 2.05) is 19.1 Å². The summed E-state index contributed by atoms with van der Waals surface area (Å²) in [5.41, 5.74) is 2.70.